The van der Waals surface area contributed by atoms with Gasteiger partial charge in [0.05, 0.1) is 18.9 Å². The zero-order valence-corrected chi connectivity index (χ0v) is 18.4. The van der Waals surface area contributed by atoms with Gasteiger partial charge in [0, 0.05) is 11.3 Å². The maximum Gasteiger partial charge on any atom is 0.343 e. The third-order valence-electron chi connectivity index (χ3n) is 4.72. The van der Waals surface area contributed by atoms with Crippen LogP contribution in [0.1, 0.15) is 27.0 Å². The van der Waals surface area contributed by atoms with Crippen LogP contribution in [-0.4, -0.2) is 31.1 Å². The Balaban J connectivity index is 1.65. The number of hydrogen-bond donors (Lipinski definition) is 2. The Hall–Kier alpha value is -4.46. The number of nitrogens with zero attached hydrogens (tertiary/aromatic N) is 1. The van der Waals surface area contributed by atoms with Crippen molar-refractivity contribution in [3.8, 4) is 11.5 Å². The molecule has 0 saturated carbocycles. The molecule has 8 nitrogen and oxygen atoms in total. The van der Waals surface area contributed by atoms with Gasteiger partial charge in [0.15, 0.2) is 0 Å². The number of amides is 2. The van der Waals surface area contributed by atoms with Gasteiger partial charge in [0.25, 0.3) is 0 Å². The Labute approximate surface area is 191 Å². The highest BCUT2D eigenvalue weighted by Crippen LogP contribution is 2.20. The summed E-state index contributed by atoms with van der Waals surface area (Å²) in [4.78, 5) is 36.8. The quantitative estimate of drug-likeness (QED) is 0.198. The Bertz CT molecular complexity index is 1200. The number of benzene rings is 3. The summed E-state index contributed by atoms with van der Waals surface area (Å²) in [5.74, 6) is -1.58. The zero-order chi connectivity index (χ0) is 23.8. The summed E-state index contributed by atoms with van der Waals surface area (Å²) in [5, 5.41) is 6.41. The molecule has 0 aliphatic heterocycles. The number of carbonyl (C=O) groups is 3. The molecule has 3 rings (SSSR count). The van der Waals surface area contributed by atoms with Crippen LogP contribution in [0.15, 0.2) is 71.8 Å². The molecule has 33 heavy (non-hydrogen) atoms. The van der Waals surface area contributed by atoms with Crippen molar-refractivity contribution in [2.24, 2.45) is 5.10 Å². The van der Waals surface area contributed by atoms with Crippen molar-refractivity contribution in [2.75, 3.05) is 12.4 Å². The second-order valence-corrected chi connectivity index (χ2v) is 7.08. The van der Waals surface area contributed by atoms with Crippen LogP contribution in [0.25, 0.3) is 0 Å². The molecule has 0 aromatic heterocycles. The summed E-state index contributed by atoms with van der Waals surface area (Å²) in [5.41, 5.74) is 5.19. The molecular formula is C25H23N3O5. The first kappa shape index (κ1) is 23.2. The molecule has 0 radical (unpaired) electrons. The van der Waals surface area contributed by atoms with Gasteiger partial charge in [-0.1, -0.05) is 36.4 Å². The number of anilines is 1. The van der Waals surface area contributed by atoms with Crippen LogP contribution in [0.5, 0.6) is 11.5 Å². The number of carbonyl (C=O) groups excluding carboxylic acids is 3. The van der Waals surface area contributed by atoms with Gasteiger partial charge < -0.3 is 14.8 Å². The lowest BCUT2D eigenvalue weighted by atomic mass is 10.1. The molecule has 2 amide bonds. The fourth-order valence-corrected chi connectivity index (χ4v) is 2.98. The third kappa shape index (κ3) is 6.04. The van der Waals surface area contributed by atoms with Gasteiger partial charge in [-0.3, -0.25) is 9.59 Å². The van der Waals surface area contributed by atoms with Crippen LogP contribution < -0.4 is 20.2 Å². The van der Waals surface area contributed by atoms with Gasteiger partial charge >= 0.3 is 17.8 Å². The number of para-hydroxylation sites is 2. The summed E-state index contributed by atoms with van der Waals surface area (Å²) in [6.45, 7) is 3.67. The van der Waals surface area contributed by atoms with Gasteiger partial charge in [-0.05, 0) is 55.3 Å². The highest BCUT2D eigenvalue weighted by molar-refractivity contribution is 6.39. The van der Waals surface area contributed by atoms with Crippen LogP contribution in [0, 0.1) is 13.8 Å². The molecule has 3 aromatic rings. The molecule has 2 N–H and O–H groups in total. The molecule has 0 aliphatic carbocycles. The molecule has 8 heteroatoms. The highest BCUT2D eigenvalue weighted by Gasteiger charge is 2.15. The van der Waals surface area contributed by atoms with E-state index in [4.69, 9.17) is 9.47 Å². The first-order chi connectivity index (χ1) is 15.9. The number of hydrazone groups is 1. The standard InChI is InChI=1S/C25H23N3O5/c1-16-8-6-9-17(2)22(16)27-23(29)24(30)28-26-15-19-10-4-5-13-21(19)33-25(31)18-11-7-12-20(14-18)32-3/h4-15H,1-3H3,(H,27,29)(H,28,30). The van der Waals surface area contributed by atoms with E-state index < -0.39 is 17.8 Å². The van der Waals surface area contributed by atoms with Gasteiger partial charge in [0.1, 0.15) is 11.5 Å². The SMILES string of the molecule is COc1cccc(C(=O)Oc2ccccc2C=NNC(=O)C(=O)Nc2c(C)cccc2C)c1. The number of methoxy groups -OCH3 is 1. The monoisotopic (exact) mass is 445 g/mol. The lowest BCUT2D eigenvalue weighted by Crippen LogP contribution is -2.32. The minimum absolute atomic E-state index is 0.239. The average Bonchev–Trinajstić information content (AvgIpc) is 2.82. The van der Waals surface area contributed by atoms with E-state index in [0.717, 1.165) is 11.1 Å². The average molecular weight is 445 g/mol. The minimum atomic E-state index is -0.931. The molecule has 0 heterocycles. The molecule has 0 bridgehead atoms. The van der Waals surface area contributed by atoms with E-state index in [1.165, 1.54) is 13.3 Å². The first-order valence-corrected chi connectivity index (χ1v) is 10.0. The Morgan fingerprint density at radius 1 is 0.879 bits per heavy atom. The van der Waals surface area contributed by atoms with Crippen molar-refractivity contribution < 1.29 is 23.9 Å². The molecule has 168 valence electrons. The van der Waals surface area contributed by atoms with E-state index in [9.17, 15) is 14.4 Å². The number of ether oxygens (including phenoxy) is 2. The van der Waals surface area contributed by atoms with E-state index in [0.29, 0.717) is 22.6 Å². The van der Waals surface area contributed by atoms with Gasteiger partial charge in [-0.2, -0.15) is 5.10 Å². The summed E-state index contributed by atoms with van der Waals surface area (Å²) in [6.07, 6.45) is 1.29. The van der Waals surface area contributed by atoms with Crippen LogP contribution in [0.3, 0.4) is 0 Å². The summed E-state index contributed by atoms with van der Waals surface area (Å²) in [6, 6.07) is 18.8. The van der Waals surface area contributed by atoms with Crippen LogP contribution in [-0.2, 0) is 9.59 Å². The van der Waals surface area contributed by atoms with Crippen LogP contribution in [0.4, 0.5) is 5.69 Å². The summed E-state index contributed by atoms with van der Waals surface area (Å²) < 4.78 is 10.6. The molecule has 0 unspecified atom stereocenters. The third-order valence-corrected chi connectivity index (χ3v) is 4.72. The van der Waals surface area contributed by atoms with E-state index >= 15 is 0 Å². The number of esters is 1. The second-order valence-electron chi connectivity index (χ2n) is 7.08. The van der Waals surface area contributed by atoms with Crippen LogP contribution >= 0.6 is 0 Å². The second kappa shape index (κ2) is 10.7. The Morgan fingerprint density at radius 2 is 1.58 bits per heavy atom. The van der Waals surface area contributed by atoms with Gasteiger partial charge in [-0.25, -0.2) is 10.2 Å². The van der Waals surface area contributed by atoms with Gasteiger partial charge in [-0.15, -0.1) is 0 Å². The van der Waals surface area contributed by atoms with E-state index in [2.05, 4.69) is 15.8 Å². The minimum Gasteiger partial charge on any atom is -0.497 e. The summed E-state index contributed by atoms with van der Waals surface area (Å²) in [7, 11) is 1.51. The Kier molecular flexibility index (Phi) is 7.54. The lowest BCUT2D eigenvalue weighted by Gasteiger charge is -2.10. The molecule has 0 saturated heterocycles. The fraction of sp³-hybridized carbons (Fsp3) is 0.120. The van der Waals surface area contributed by atoms with Crippen LogP contribution in [0.2, 0.25) is 0 Å². The van der Waals surface area contributed by atoms with Crippen molar-refractivity contribution >= 4 is 29.7 Å². The molecular weight excluding hydrogens is 422 g/mol. The highest BCUT2D eigenvalue weighted by atomic mass is 16.5. The van der Waals surface area contributed by atoms with Crippen molar-refractivity contribution in [3.63, 3.8) is 0 Å². The molecule has 3 aromatic carbocycles. The van der Waals surface area contributed by atoms with E-state index in [1.807, 2.05) is 32.0 Å². The topological polar surface area (TPSA) is 106 Å². The molecule has 0 aliphatic rings. The maximum absolute atomic E-state index is 12.5. The zero-order valence-electron chi connectivity index (χ0n) is 18.4. The van der Waals surface area contributed by atoms with E-state index in [-0.39, 0.29) is 5.75 Å². The van der Waals surface area contributed by atoms with Crippen molar-refractivity contribution in [1.82, 2.24) is 5.43 Å². The number of hydrogen-bond acceptors (Lipinski definition) is 6. The predicted octanol–water partition coefficient (Wildman–Crippen LogP) is 3.62. The summed E-state index contributed by atoms with van der Waals surface area (Å²) >= 11 is 0. The number of nitrogens with one attached hydrogen (secondary N) is 2. The van der Waals surface area contributed by atoms with E-state index in [1.54, 1.807) is 48.5 Å². The first-order valence-electron chi connectivity index (χ1n) is 10.0. The van der Waals surface area contributed by atoms with Crippen molar-refractivity contribution in [2.45, 2.75) is 13.8 Å². The lowest BCUT2D eigenvalue weighted by molar-refractivity contribution is -0.136. The molecule has 0 atom stereocenters. The fourth-order valence-electron chi connectivity index (χ4n) is 2.98. The normalized spacial score (nSPS) is 10.5. The largest absolute Gasteiger partial charge is 0.497 e. The number of rotatable bonds is 6. The smallest absolute Gasteiger partial charge is 0.343 e. The van der Waals surface area contributed by atoms with Crippen molar-refractivity contribution in [1.29, 1.82) is 0 Å². The predicted molar refractivity (Wildman–Crippen MR) is 125 cm³/mol. The molecule has 0 fully saturated rings. The number of aryl methyl sites for hydroxylation is 2. The van der Waals surface area contributed by atoms with Crippen molar-refractivity contribution in [3.05, 3.63) is 89.0 Å². The van der Waals surface area contributed by atoms with Gasteiger partial charge in [0.2, 0.25) is 0 Å². The molecule has 0 spiro atoms. The Morgan fingerprint density at radius 3 is 2.30 bits per heavy atom. The maximum atomic E-state index is 12.5.